The molecule has 0 amide bonds. The Hall–Kier alpha value is -0.970. The molecule has 1 aliphatic rings. The van der Waals surface area contributed by atoms with Gasteiger partial charge in [-0.3, -0.25) is 0 Å². The molecule has 0 spiro atoms. The molecule has 0 bridgehead atoms. The molecule has 0 aliphatic heterocycles. The highest BCUT2D eigenvalue weighted by Gasteiger charge is 2.31. The van der Waals surface area contributed by atoms with Gasteiger partial charge in [-0.2, -0.15) is 0 Å². The molecule has 1 saturated carbocycles. The van der Waals surface area contributed by atoms with Crippen LogP contribution >= 0.6 is 11.8 Å². The SMILES string of the molecule is CCC1(CNc2cc(N)nc(SC)n2)CCCC1. The van der Waals surface area contributed by atoms with E-state index in [2.05, 4.69) is 22.2 Å². The first-order chi connectivity index (χ1) is 8.67. The summed E-state index contributed by atoms with van der Waals surface area (Å²) in [4.78, 5) is 8.60. The Morgan fingerprint density at radius 1 is 1.39 bits per heavy atom. The van der Waals surface area contributed by atoms with Crippen LogP contribution in [0.2, 0.25) is 0 Å². The molecule has 0 aromatic carbocycles. The topological polar surface area (TPSA) is 63.8 Å². The van der Waals surface area contributed by atoms with E-state index in [9.17, 15) is 0 Å². The molecule has 0 atom stereocenters. The summed E-state index contributed by atoms with van der Waals surface area (Å²) in [6.07, 6.45) is 8.56. The highest BCUT2D eigenvalue weighted by molar-refractivity contribution is 7.98. The molecule has 0 radical (unpaired) electrons. The lowest BCUT2D eigenvalue weighted by atomic mass is 9.83. The number of anilines is 2. The van der Waals surface area contributed by atoms with Gasteiger partial charge in [0.2, 0.25) is 0 Å². The molecule has 18 heavy (non-hydrogen) atoms. The fraction of sp³-hybridized carbons (Fsp3) is 0.692. The number of nitrogens with one attached hydrogen (secondary N) is 1. The predicted molar refractivity (Wildman–Crippen MR) is 77.9 cm³/mol. The third-order valence-electron chi connectivity index (χ3n) is 3.97. The van der Waals surface area contributed by atoms with E-state index in [1.807, 2.05) is 12.3 Å². The first kappa shape index (κ1) is 13.5. The lowest BCUT2D eigenvalue weighted by Gasteiger charge is -2.28. The first-order valence-corrected chi connectivity index (χ1v) is 7.82. The van der Waals surface area contributed by atoms with Crippen LogP contribution in [0.25, 0.3) is 0 Å². The number of thioether (sulfide) groups is 1. The van der Waals surface area contributed by atoms with E-state index < -0.39 is 0 Å². The minimum Gasteiger partial charge on any atom is -0.383 e. The van der Waals surface area contributed by atoms with Crippen LogP contribution in [0, 0.1) is 5.41 Å². The Morgan fingerprint density at radius 3 is 2.72 bits per heavy atom. The number of rotatable bonds is 5. The van der Waals surface area contributed by atoms with Gasteiger partial charge in [0.05, 0.1) is 0 Å². The van der Waals surface area contributed by atoms with Gasteiger partial charge in [0.1, 0.15) is 11.6 Å². The maximum absolute atomic E-state index is 5.78. The van der Waals surface area contributed by atoms with Crippen molar-refractivity contribution in [3.63, 3.8) is 0 Å². The van der Waals surface area contributed by atoms with Gasteiger partial charge in [-0.05, 0) is 30.9 Å². The second-order valence-electron chi connectivity index (χ2n) is 5.08. The zero-order valence-electron chi connectivity index (χ0n) is 11.2. The van der Waals surface area contributed by atoms with E-state index in [-0.39, 0.29) is 0 Å². The van der Waals surface area contributed by atoms with Gasteiger partial charge < -0.3 is 11.1 Å². The number of nitrogen functional groups attached to an aromatic ring is 1. The standard InChI is InChI=1S/C13H22N4S/c1-3-13(6-4-5-7-13)9-15-11-8-10(14)16-12(17-11)18-2/h8H,3-7,9H2,1-2H3,(H3,14,15,16,17). The van der Waals surface area contributed by atoms with Crippen molar-refractivity contribution in [2.75, 3.05) is 23.9 Å². The Bertz CT molecular complexity index is 402. The van der Waals surface area contributed by atoms with E-state index in [1.54, 1.807) is 0 Å². The fourth-order valence-electron chi connectivity index (χ4n) is 2.68. The normalized spacial score (nSPS) is 17.9. The first-order valence-electron chi connectivity index (χ1n) is 6.60. The van der Waals surface area contributed by atoms with E-state index in [0.29, 0.717) is 11.2 Å². The van der Waals surface area contributed by atoms with Gasteiger partial charge in [0.25, 0.3) is 0 Å². The van der Waals surface area contributed by atoms with Crippen LogP contribution < -0.4 is 11.1 Å². The third kappa shape index (κ3) is 3.07. The molecule has 100 valence electrons. The van der Waals surface area contributed by atoms with Crippen LogP contribution in [0.3, 0.4) is 0 Å². The number of hydrogen-bond acceptors (Lipinski definition) is 5. The van der Waals surface area contributed by atoms with Crippen LogP contribution in [0.15, 0.2) is 11.2 Å². The largest absolute Gasteiger partial charge is 0.383 e. The molecule has 3 N–H and O–H groups in total. The van der Waals surface area contributed by atoms with E-state index in [4.69, 9.17) is 5.73 Å². The smallest absolute Gasteiger partial charge is 0.191 e. The summed E-state index contributed by atoms with van der Waals surface area (Å²) in [6, 6.07) is 1.82. The number of hydrogen-bond donors (Lipinski definition) is 2. The van der Waals surface area contributed by atoms with Crippen LogP contribution in [0.5, 0.6) is 0 Å². The summed E-state index contributed by atoms with van der Waals surface area (Å²) in [5.74, 6) is 1.39. The molecule has 0 saturated heterocycles. The van der Waals surface area contributed by atoms with Crippen molar-refractivity contribution in [3.05, 3.63) is 6.07 Å². The number of aromatic nitrogens is 2. The predicted octanol–water partition coefficient (Wildman–Crippen LogP) is 3.16. The molecule has 4 nitrogen and oxygen atoms in total. The van der Waals surface area contributed by atoms with Gasteiger partial charge >= 0.3 is 0 Å². The Balaban J connectivity index is 2.03. The third-order valence-corrected chi connectivity index (χ3v) is 4.51. The van der Waals surface area contributed by atoms with Gasteiger partial charge in [0, 0.05) is 12.6 Å². The molecular formula is C13H22N4S. The molecule has 1 aromatic rings. The van der Waals surface area contributed by atoms with Crippen molar-refractivity contribution in [2.45, 2.75) is 44.2 Å². The Kier molecular flexibility index (Phi) is 4.32. The summed E-state index contributed by atoms with van der Waals surface area (Å²) >= 11 is 1.52. The van der Waals surface area contributed by atoms with Crippen molar-refractivity contribution >= 4 is 23.4 Å². The van der Waals surface area contributed by atoms with Gasteiger partial charge in [0.15, 0.2) is 5.16 Å². The Morgan fingerprint density at radius 2 is 2.11 bits per heavy atom. The summed E-state index contributed by atoms with van der Waals surface area (Å²) in [6.45, 7) is 3.28. The van der Waals surface area contributed by atoms with Crippen LogP contribution in [0.1, 0.15) is 39.0 Å². The van der Waals surface area contributed by atoms with Crippen molar-refractivity contribution in [1.82, 2.24) is 9.97 Å². The average Bonchev–Trinajstić information content (AvgIpc) is 2.85. The van der Waals surface area contributed by atoms with Crippen LogP contribution in [-0.2, 0) is 0 Å². The minimum absolute atomic E-state index is 0.458. The number of nitrogens with zero attached hydrogens (tertiary/aromatic N) is 2. The highest BCUT2D eigenvalue weighted by Crippen LogP contribution is 2.40. The van der Waals surface area contributed by atoms with Gasteiger partial charge in [-0.15, -0.1) is 0 Å². The molecular weight excluding hydrogens is 244 g/mol. The summed E-state index contributed by atoms with van der Waals surface area (Å²) < 4.78 is 0. The van der Waals surface area contributed by atoms with E-state index >= 15 is 0 Å². The van der Waals surface area contributed by atoms with Crippen molar-refractivity contribution < 1.29 is 0 Å². The fourth-order valence-corrected chi connectivity index (χ4v) is 3.07. The lowest BCUT2D eigenvalue weighted by molar-refractivity contribution is 0.306. The minimum atomic E-state index is 0.458. The molecule has 5 heteroatoms. The summed E-state index contributed by atoms with van der Waals surface area (Å²) in [5, 5.41) is 4.18. The van der Waals surface area contributed by atoms with Gasteiger partial charge in [-0.1, -0.05) is 31.5 Å². The Labute approximate surface area is 113 Å². The van der Waals surface area contributed by atoms with Crippen molar-refractivity contribution in [3.8, 4) is 0 Å². The van der Waals surface area contributed by atoms with Gasteiger partial charge in [-0.25, -0.2) is 9.97 Å². The maximum atomic E-state index is 5.78. The molecule has 1 heterocycles. The number of nitrogens with two attached hydrogens (primary N) is 1. The summed E-state index contributed by atoms with van der Waals surface area (Å²) in [7, 11) is 0. The molecule has 0 unspecified atom stereocenters. The monoisotopic (exact) mass is 266 g/mol. The summed E-state index contributed by atoms with van der Waals surface area (Å²) in [5.41, 5.74) is 6.24. The average molecular weight is 266 g/mol. The molecule has 2 rings (SSSR count). The van der Waals surface area contributed by atoms with Crippen molar-refractivity contribution in [1.29, 1.82) is 0 Å². The van der Waals surface area contributed by atoms with Crippen LogP contribution in [-0.4, -0.2) is 22.8 Å². The van der Waals surface area contributed by atoms with Crippen molar-refractivity contribution in [2.24, 2.45) is 5.41 Å². The quantitative estimate of drug-likeness (QED) is 0.633. The highest BCUT2D eigenvalue weighted by atomic mass is 32.2. The molecule has 1 aliphatic carbocycles. The maximum Gasteiger partial charge on any atom is 0.191 e. The molecule has 1 aromatic heterocycles. The second-order valence-corrected chi connectivity index (χ2v) is 5.85. The zero-order chi connectivity index (χ0) is 13.0. The second kappa shape index (κ2) is 5.78. The lowest BCUT2D eigenvalue weighted by Crippen LogP contribution is -2.26. The van der Waals surface area contributed by atoms with Crippen LogP contribution in [0.4, 0.5) is 11.6 Å². The van der Waals surface area contributed by atoms with E-state index in [1.165, 1.54) is 43.9 Å². The zero-order valence-corrected chi connectivity index (χ0v) is 12.0. The molecule has 1 fully saturated rings. The van der Waals surface area contributed by atoms with E-state index in [0.717, 1.165) is 17.5 Å².